The van der Waals surface area contributed by atoms with Crippen LogP contribution in [-0.2, 0) is 10.8 Å². The van der Waals surface area contributed by atoms with Crippen molar-refractivity contribution >= 4 is 34.1 Å². The second-order valence-electron chi connectivity index (χ2n) is 16.9. The third kappa shape index (κ3) is 4.82. The molecule has 3 aliphatic carbocycles. The van der Waals surface area contributed by atoms with Crippen LogP contribution >= 0.6 is 0 Å². The second kappa shape index (κ2) is 13.0. The molecule has 60 heavy (non-hydrogen) atoms. The lowest BCUT2D eigenvalue weighted by Crippen LogP contribution is -2.26. The normalized spacial score (nSPS) is 15.7. The topological polar surface area (TPSA) is 6.48 Å². The van der Waals surface area contributed by atoms with Crippen molar-refractivity contribution < 1.29 is 0 Å². The quantitative estimate of drug-likeness (QED) is 0.166. The highest BCUT2D eigenvalue weighted by molar-refractivity contribution is 5.98. The minimum Gasteiger partial charge on any atom is -0.310 e. The average molecular weight is 767 g/mol. The first kappa shape index (κ1) is 34.6. The lowest BCUT2D eigenvalue weighted by atomic mass is 9.70. The van der Waals surface area contributed by atoms with E-state index in [1.54, 1.807) is 0 Å². The van der Waals surface area contributed by atoms with E-state index in [9.17, 15) is 0 Å². The van der Waals surface area contributed by atoms with E-state index in [2.05, 4.69) is 242 Å². The van der Waals surface area contributed by atoms with Gasteiger partial charge in [-0.05, 0) is 140 Å². The number of fused-ring (bicyclic) bond motifs is 13. The van der Waals surface area contributed by atoms with Crippen molar-refractivity contribution in [1.82, 2.24) is 0 Å². The molecule has 1 spiro atoms. The Hall–Kier alpha value is -7.42. The van der Waals surface area contributed by atoms with Crippen molar-refractivity contribution in [2.45, 2.75) is 24.7 Å². The van der Waals surface area contributed by atoms with Crippen LogP contribution in [0.3, 0.4) is 0 Å². The number of hydrogen-bond acceptors (Lipinski definition) is 2. The summed E-state index contributed by atoms with van der Waals surface area (Å²) in [5.41, 5.74) is 22.1. The first-order chi connectivity index (χ1) is 29.5. The zero-order valence-electron chi connectivity index (χ0n) is 33.7. The van der Waals surface area contributed by atoms with Gasteiger partial charge in [-0.1, -0.05) is 159 Å². The number of anilines is 6. The Morgan fingerprint density at radius 1 is 0.250 bits per heavy atom. The molecule has 1 unspecified atom stereocenters. The minimum atomic E-state index is -0.494. The third-order valence-electron chi connectivity index (χ3n) is 13.4. The fourth-order valence-electron chi connectivity index (χ4n) is 10.9. The van der Waals surface area contributed by atoms with E-state index in [-0.39, 0.29) is 5.41 Å². The van der Waals surface area contributed by atoms with Crippen LogP contribution in [0, 0.1) is 0 Å². The zero-order valence-corrected chi connectivity index (χ0v) is 33.7. The summed E-state index contributed by atoms with van der Waals surface area (Å²) in [6.45, 7) is 4.70. The smallest absolute Gasteiger partial charge is 0.0726 e. The predicted octanol–water partition coefficient (Wildman–Crippen LogP) is 15.3. The Labute approximate surface area is 352 Å². The summed E-state index contributed by atoms with van der Waals surface area (Å²) in [6.07, 6.45) is 0. The molecule has 0 aliphatic heterocycles. The van der Waals surface area contributed by atoms with E-state index >= 15 is 0 Å². The van der Waals surface area contributed by atoms with Gasteiger partial charge in [0, 0.05) is 39.5 Å². The van der Waals surface area contributed by atoms with Crippen molar-refractivity contribution in [2.75, 3.05) is 9.80 Å². The Morgan fingerprint density at radius 3 is 1.13 bits per heavy atom. The van der Waals surface area contributed by atoms with Gasteiger partial charge in [-0.2, -0.15) is 0 Å². The van der Waals surface area contributed by atoms with E-state index in [1.165, 1.54) is 66.8 Å². The van der Waals surface area contributed by atoms with Gasteiger partial charge in [0.25, 0.3) is 0 Å². The molecule has 0 aromatic heterocycles. The number of hydrogen-bond donors (Lipinski definition) is 0. The molecule has 12 rings (SSSR count). The lowest BCUT2D eigenvalue weighted by Gasteiger charge is -2.32. The first-order valence-corrected chi connectivity index (χ1v) is 21.0. The molecule has 284 valence electrons. The van der Waals surface area contributed by atoms with Crippen molar-refractivity contribution in [3.63, 3.8) is 0 Å². The van der Waals surface area contributed by atoms with E-state index in [1.807, 2.05) is 0 Å². The van der Waals surface area contributed by atoms with Crippen molar-refractivity contribution in [2.24, 2.45) is 0 Å². The summed E-state index contributed by atoms with van der Waals surface area (Å²) in [5, 5.41) is 0. The predicted molar refractivity (Wildman–Crippen MR) is 250 cm³/mol. The molecule has 0 bridgehead atoms. The van der Waals surface area contributed by atoms with Crippen LogP contribution < -0.4 is 9.80 Å². The maximum Gasteiger partial charge on any atom is 0.0726 e. The van der Waals surface area contributed by atoms with E-state index < -0.39 is 5.41 Å². The molecule has 0 fully saturated rings. The largest absolute Gasteiger partial charge is 0.310 e. The van der Waals surface area contributed by atoms with Gasteiger partial charge in [-0.25, -0.2) is 0 Å². The monoisotopic (exact) mass is 766 g/mol. The third-order valence-corrected chi connectivity index (χ3v) is 13.4. The summed E-state index contributed by atoms with van der Waals surface area (Å²) in [7, 11) is 0. The molecule has 0 saturated carbocycles. The number of nitrogens with zero attached hydrogens (tertiary/aromatic N) is 2. The summed E-state index contributed by atoms with van der Waals surface area (Å²) in [4.78, 5) is 4.82. The Bertz CT molecular complexity index is 3090. The molecular weight excluding hydrogens is 725 g/mol. The number of benzene rings is 9. The van der Waals surface area contributed by atoms with Crippen LogP contribution in [0.25, 0.3) is 33.4 Å². The summed E-state index contributed by atoms with van der Waals surface area (Å²) >= 11 is 0. The van der Waals surface area contributed by atoms with Gasteiger partial charge in [0.1, 0.15) is 0 Å². The van der Waals surface area contributed by atoms with Gasteiger partial charge < -0.3 is 9.80 Å². The zero-order chi connectivity index (χ0) is 40.0. The standard InChI is InChI=1S/C58H42N2/c1-57(2)51-27-15-12-25-46(51)49-36-42(31-34-52(49)57)60(41-22-10-5-11-23-41)43-32-35-55-50(37-43)47-26-14-17-29-54(47)58(55)53-28-16-13-24-45(53)48-33-30-44(38-56(48)58)59(39-18-6-3-7-19-39)40-20-8-4-9-21-40/h3-38H,1-2H3. The van der Waals surface area contributed by atoms with Gasteiger partial charge in [0.05, 0.1) is 5.41 Å². The molecule has 0 N–H and O–H groups in total. The van der Waals surface area contributed by atoms with Crippen LogP contribution in [0.4, 0.5) is 34.1 Å². The second-order valence-corrected chi connectivity index (χ2v) is 16.9. The molecule has 1 atom stereocenters. The van der Waals surface area contributed by atoms with E-state index in [4.69, 9.17) is 0 Å². The van der Waals surface area contributed by atoms with Crippen molar-refractivity contribution in [1.29, 1.82) is 0 Å². The van der Waals surface area contributed by atoms with Gasteiger partial charge in [0.2, 0.25) is 0 Å². The first-order valence-electron chi connectivity index (χ1n) is 21.0. The summed E-state index contributed by atoms with van der Waals surface area (Å²) < 4.78 is 0. The van der Waals surface area contributed by atoms with Gasteiger partial charge in [-0.3, -0.25) is 0 Å². The van der Waals surface area contributed by atoms with Crippen LogP contribution in [0.2, 0.25) is 0 Å². The molecule has 3 aliphatic rings. The highest BCUT2D eigenvalue weighted by Gasteiger charge is 2.52. The molecular formula is C58H42N2. The molecule has 0 amide bonds. The molecule has 9 aromatic rings. The number of para-hydroxylation sites is 3. The lowest BCUT2D eigenvalue weighted by molar-refractivity contribution is 0.660. The molecule has 0 radical (unpaired) electrons. The van der Waals surface area contributed by atoms with Gasteiger partial charge >= 0.3 is 0 Å². The summed E-state index contributed by atoms with van der Waals surface area (Å²) in [5.74, 6) is 0. The number of rotatable bonds is 6. The SMILES string of the molecule is CC1(C)c2ccccc2-c2cc(N(c3ccccc3)c3ccc4c(c3)-c3ccccc3C43c4ccccc4-c4ccc(N(c5ccccc5)c5ccccc5)cc43)ccc21. The van der Waals surface area contributed by atoms with Crippen LogP contribution in [-0.4, -0.2) is 0 Å². The Kier molecular flexibility index (Phi) is 7.52. The molecule has 9 aromatic carbocycles. The average Bonchev–Trinajstić information content (AvgIpc) is 3.85. The maximum absolute atomic E-state index is 2.47. The fourth-order valence-corrected chi connectivity index (χ4v) is 10.9. The van der Waals surface area contributed by atoms with E-state index in [0.29, 0.717) is 0 Å². The molecule has 2 nitrogen and oxygen atoms in total. The van der Waals surface area contributed by atoms with Gasteiger partial charge in [-0.15, -0.1) is 0 Å². The maximum atomic E-state index is 2.47. The molecule has 0 heterocycles. The fraction of sp³-hybridized carbons (Fsp3) is 0.0690. The summed E-state index contributed by atoms with van der Waals surface area (Å²) in [6, 6.07) is 80.9. The highest BCUT2D eigenvalue weighted by Crippen LogP contribution is 2.64. The Morgan fingerprint density at radius 2 is 0.583 bits per heavy atom. The van der Waals surface area contributed by atoms with Crippen LogP contribution in [0.5, 0.6) is 0 Å². The minimum absolute atomic E-state index is 0.0550. The van der Waals surface area contributed by atoms with Crippen LogP contribution in [0.15, 0.2) is 218 Å². The van der Waals surface area contributed by atoms with Crippen molar-refractivity contribution in [3.05, 3.63) is 252 Å². The van der Waals surface area contributed by atoms with Crippen molar-refractivity contribution in [3.8, 4) is 33.4 Å². The van der Waals surface area contributed by atoms with Crippen LogP contribution in [0.1, 0.15) is 47.2 Å². The molecule has 2 heteroatoms. The molecule has 0 saturated heterocycles. The Balaban J connectivity index is 1.08. The van der Waals surface area contributed by atoms with Gasteiger partial charge in [0.15, 0.2) is 0 Å². The van der Waals surface area contributed by atoms with E-state index in [0.717, 1.165) is 34.1 Å². The highest BCUT2D eigenvalue weighted by atomic mass is 15.1.